The van der Waals surface area contributed by atoms with Crippen LogP contribution < -0.4 is 10.6 Å². The Morgan fingerprint density at radius 3 is 2.64 bits per heavy atom. The summed E-state index contributed by atoms with van der Waals surface area (Å²) in [6.07, 6.45) is 1.86. The van der Waals surface area contributed by atoms with Gasteiger partial charge in [0, 0.05) is 23.2 Å². The summed E-state index contributed by atoms with van der Waals surface area (Å²) in [4.78, 5) is 26.8. The first-order valence-corrected chi connectivity index (χ1v) is 7.59. The van der Waals surface area contributed by atoms with Gasteiger partial charge in [0.05, 0.1) is 18.7 Å². The largest absolute Gasteiger partial charge is 0.361 e. The molecular formula is C18H15F2N3O2. The summed E-state index contributed by atoms with van der Waals surface area (Å²) in [6.45, 7) is -0.308. The predicted molar refractivity (Wildman–Crippen MR) is 90.0 cm³/mol. The van der Waals surface area contributed by atoms with Crippen LogP contribution in [0.15, 0.2) is 48.7 Å². The van der Waals surface area contributed by atoms with E-state index in [-0.39, 0.29) is 24.6 Å². The van der Waals surface area contributed by atoms with Gasteiger partial charge in [-0.2, -0.15) is 0 Å². The van der Waals surface area contributed by atoms with Crippen molar-refractivity contribution in [3.8, 4) is 0 Å². The van der Waals surface area contributed by atoms with Gasteiger partial charge in [-0.25, -0.2) is 8.78 Å². The first kappa shape index (κ1) is 16.6. The van der Waals surface area contributed by atoms with Crippen molar-refractivity contribution in [2.75, 3.05) is 11.9 Å². The Bertz CT molecular complexity index is 937. The molecule has 0 aliphatic heterocycles. The number of aromatic amines is 1. The molecule has 0 saturated carbocycles. The monoisotopic (exact) mass is 343 g/mol. The zero-order valence-electron chi connectivity index (χ0n) is 13.1. The average Bonchev–Trinajstić information content (AvgIpc) is 2.99. The van der Waals surface area contributed by atoms with Gasteiger partial charge in [0.1, 0.15) is 11.6 Å². The number of aromatic nitrogens is 1. The Balaban J connectivity index is 1.54. The standard InChI is InChI=1S/C18H15F2N3O2/c19-12-5-6-16(14(20)8-12)23-18(25)10-22-17(24)7-11-9-21-15-4-2-1-3-13(11)15/h1-6,8-9,21H,7,10H2,(H,22,24)(H,23,25). The third kappa shape index (κ3) is 4.00. The fourth-order valence-corrected chi connectivity index (χ4v) is 2.48. The van der Waals surface area contributed by atoms with E-state index in [1.165, 1.54) is 0 Å². The third-order valence-electron chi connectivity index (χ3n) is 3.68. The second kappa shape index (κ2) is 7.12. The predicted octanol–water partition coefficient (Wildman–Crippen LogP) is 2.74. The van der Waals surface area contributed by atoms with Gasteiger partial charge in [-0.1, -0.05) is 18.2 Å². The number of H-pyrrole nitrogens is 1. The lowest BCUT2D eigenvalue weighted by Gasteiger charge is -2.08. The summed E-state index contributed by atoms with van der Waals surface area (Å²) >= 11 is 0. The van der Waals surface area contributed by atoms with Gasteiger partial charge in [-0.15, -0.1) is 0 Å². The van der Waals surface area contributed by atoms with E-state index in [4.69, 9.17) is 0 Å². The van der Waals surface area contributed by atoms with E-state index in [0.29, 0.717) is 6.07 Å². The number of para-hydroxylation sites is 1. The fraction of sp³-hybridized carbons (Fsp3) is 0.111. The van der Waals surface area contributed by atoms with Crippen molar-refractivity contribution in [3.05, 3.63) is 65.9 Å². The number of halogens is 2. The normalized spacial score (nSPS) is 10.6. The minimum Gasteiger partial charge on any atom is -0.361 e. The maximum atomic E-state index is 13.5. The molecule has 0 unspecified atom stereocenters. The highest BCUT2D eigenvalue weighted by Crippen LogP contribution is 2.18. The van der Waals surface area contributed by atoms with Gasteiger partial charge in [0.2, 0.25) is 11.8 Å². The van der Waals surface area contributed by atoms with E-state index in [1.807, 2.05) is 24.3 Å². The molecule has 0 saturated heterocycles. The molecule has 2 aromatic carbocycles. The van der Waals surface area contributed by atoms with Crippen molar-refractivity contribution >= 4 is 28.4 Å². The molecule has 0 atom stereocenters. The fourth-order valence-electron chi connectivity index (χ4n) is 2.48. The van der Waals surface area contributed by atoms with E-state index >= 15 is 0 Å². The Hall–Kier alpha value is -3.22. The van der Waals surface area contributed by atoms with Crippen LogP contribution >= 0.6 is 0 Å². The van der Waals surface area contributed by atoms with Crippen LogP contribution in [0.4, 0.5) is 14.5 Å². The molecule has 128 valence electrons. The second-order valence-corrected chi connectivity index (χ2v) is 5.49. The number of carbonyl (C=O) groups excluding carboxylic acids is 2. The summed E-state index contributed by atoms with van der Waals surface area (Å²) in [6, 6.07) is 10.4. The van der Waals surface area contributed by atoms with Crippen LogP contribution in [0.5, 0.6) is 0 Å². The molecule has 1 aromatic heterocycles. The summed E-state index contributed by atoms with van der Waals surface area (Å²) in [7, 11) is 0. The lowest BCUT2D eigenvalue weighted by molar-refractivity contribution is -0.123. The van der Waals surface area contributed by atoms with Crippen LogP contribution in [0, 0.1) is 11.6 Å². The molecule has 3 aromatic rings. The van der Waals surface area contributed by atoms with E-state index in [1.54, 1.807) is 6.20 Å². The van der Waals surface area contributed by atoms with E-state index in [0.717, 1.165) is 28.6 Å². The van der Waals surface area contributed by atoms with Crippen molar-refractivity contribution in [1.29, 1.82) is 0 Å². The maximum Gasteiger partial charge on any atom is 0.243 e. The number of hydrogen-bond acceptors (Lipinski definition) is 2. The molecule has 3 rings (SSSR count). The van der Waals surface area contributed by atoms with Gasteiger partial charge < -0.3 is 15.6 Å². The number of nitrogens with one attached hydrogen (secondary N) is 3. The number of hydrogen-bond donors (Lipinski definition) is 3. The number of anilines is 1. The third-order valence-corrected chi connectivity index (χ3v) is 3.68. The maximum absolute atomic E-state index is 13.5. The molecule has 0 aliphatic carbocycles. The molecular weight excluding hydrogens is 328 g/mol. The summed E-state index contributed by atoms with van der Waals surface area (Å²) in [5.74, 6) is -2.54. The molecule has 1 heterocycles. The van der Waals surface area contributed by atoms with Crippen LogP contribution in [0.1, 0.15) is 5.56 Å². The lowest BCUT2D eigenvalue weighted by Crippen LogP contribution is -2.33. The van der Waals surface area contributed by atoms with Gasteiger partial charge in [-0.05, 0) is 23.8 Å². The average molecular weight is 343 g/mol. The van der Waals surface area contributed by atoms with Crippen molar-refractivity contribution in [2.45, 2.75) is 6.42 Å². The van der Waals surface area contributed by atoms with Crippen LogP contribution in [-0.4, -0.2) is 23.3 Å². The van der Waals surface area contributed by atoms with Crippen molar-refractivity contribution < 1.29 is 18.4 Å². The Kier molecular flexibility index (Phi) is 4.74. The first-order valence-electron chi connectivity index (χ1n) is 7.59. The van der Waals surface area contributed by atoms with Gasteiger partial charge in [0.25, 0.3) is 0 Å². The first-order chi connectivity index (χ1) is 12.0. The minimum absolute atomic E-state index is 0.113. The van der Waals surface area contributed by atoms with Crippen molar-refractivity contribution in [2.24, 2.45) is 0 Å². The number of fused-ring (bicyclic) bond motifs is 1. The van der Waals surface area contributed by atoms with Crippen LogP contribution in [-0.2, 0) is 16.0 Å². The Morgan fingerprint density at radius 1 is 1.04 bits per heavy atom. The highest BCUT2D eigenvalue weighted by atomic mass is 19.1. The van der Waals surface area contributed by atoms with E-state index in [9.17, 15) is 18.4 Å². The zero-order valence-corrected chi connectivity index (χ0v) is 13.1. The van der Waals surface area contributed by atoms with Gasteiger partial charge in [0.15, 0.2) is 0 Å². The zero-order chi connectivity index (χ0) is 17.8. The van der Waals surface area contributed by atoms with E-state index < -0.39 is 17.5 Å². The number of carbonyl (C=O) groups is 2. The van der Waals surface area contributed by atoms with Crippen LogP contribution in [0.3, 0.4) is 0 Å². The van der Waals surface area contributed by atoms with E-state index in [2.05, 4.69) is 15.6 Å². The minimum atomic E-state index is -0.876. The summed E-state index contributed by atoms with van der Waals surface area (Å²) in [5.41, 5.74) is 1.60. The molecule has 7 heteroatoms. The second-order valence-electron chi connectivity index (χ2n) is 5.49. The molecule has 25 heavy (non-hydrogen) atoms. The lowest BCUT2D eigenvalue weighted by atomic mass is 10.1. The molecule has 2 amide bonds. The number of benzene rings is 2. The molecule has 0 fully saturated rings. The van der Waals surface area contributed by atoms with Crippen LogP contribution in [0.2, 0.25) is 0 Å². The summed E-state index contributed by atoms with van der Waals surface area (Å²) < 4.78 is 26.3. The number of amides is 2. The number of rotatable bonds is 5. The quantitative estimate of drug-likeness (QED) is 0.666. The smallest absolute Gasteiger partial charge is 0.243 e. The highest BCUT2D eigenvalue weighted by molar-refractivity contribution is 5.95. The summed E-state index contributed by atoms with van der Waals surface area (Å²) in [5, 5.41) is 5.70. The molecule has 5 nitrogen and oxygen atoms in total. The van der Waals surface area contributed by atoms with Gasteiger partial charge in [-0.3, -0.25) is 9.59 Å². The van der Waals surface area contributed by atoms with Gasteiger partial charge >= 0.3 is 0 Å². The van der Waals surface area contributed by atoms with Crippen molar-refractivity contribution in [3.63, 3.8) is 0 Å². The molecule has 0 radical (unpaired) electrons. The molecule has 0 aliphatic rings. The van der Waals surface area contributed by atoms with Crippen LogP contribution in [0.25, 0.3) is 10.9 Å². The van der Waals surface area contributed by atoms with Crippen molar-refractivity contribution in [1.82, 2.24) is 10.3 Å². The Morgan fingerprint density at radius 2 is 1.84 bits per heavy atom. The molecule has 0 spiro atoms. The Labute approximate surface area is 142 Å². The SMILES string of the molecule is O=C(Cc1c[nH]c2ccccc12)NCC(=O)Nc1ccc(F)cc1F. The molecule has 3 N–H and O–H groups in total. The topological polar surface area (TPSA) is 74.0 Å². The highest BCUT2D eigenvalue weighted by Gasteiger charge is 2.11. The molecule has 0 bridgehead atoms.